The van der Waals surface area contributed by atoms with Crippen molar-refractivity contribution in [3.05, 3.63) is 46.6 Å². The Morgan fingerprint density at radius 2 is 1.94 bits per heavy atom. The van der Waals surface area contributed by atoms with Gasteiger partial charge in [-0.25, -0.2) is 4.98 Å². The van der Waals surface area contributed by atoms with Crippen molar-refractivity contribution in [3.63, 3.8) is 0 Å². The van der Waals surface area contributed by atoms with Crippen LogP contribution in [0, 0.1) is 13.8 Å². The highest BCUT2D eigenvalue weighted by Crippen LogP contribution is 2.29. The van der Waals surface area contributed by atoms with E-state index < -0.39 is 0 Å². The van der Waals surface area contributed by atoms with Crippen molar-refractivity contribution in [3.8, 4) is 5.75 Å². The minimum atomic E-state index is -0.307. The van der Waals surface area contributed by atoms with Crippen LogP contribution >= 0.6 is 11.3 Å². The van der Waals surface area contributed by atoms with E-state index in [1.165, 1.54) is 17.5 Å². The van der Waals surface area contributed by atoms with E-state index in [1.54, 1.807) is 36.0 Å². The van der Waals surface area contributed by atoms with E-state index in [4.69, 9.17) is 0 Å². The fraction of sp³-hybridized carbons (Fsp3) is 0.391. The van der Waals surface area contributed by atoms with Crippen LogP contribution in [0.2, 0.25) is 0 Å². The van der Waals surface area contributed by atoms with E-state index in [0.29, 0.717) is 40.2 Å². The number of hydrogen-bond donors (Lipinski definition) is 4. The molecule has 11 heteroatoms. The van der Waals surface area contributed by atoms with Crippen molar-refractivity contribution < 1.29 is 14.7 Å². The highest BCUT2D eigenvalue weighted by molar-refractivity contribution is 7.17. The molecule has 2 atom stereocenters. The molecule has 3 aromatic rings. The Bertz CT molecular complexity index is 1200. The number of nitrogens with one attached hydrogen (secondary N) is 3. The van der Waals surface area contributed by atoms with Crippen LogP contribution in [0.1, 0.15) is 34.6 Å². The van der Waals surface area contributed by atoms with Gasteiger partial charge in [0, 0.05) is 43.0 Å². The summed E-state index contributed by atoms with van der Waals surface area (Å²) in [5.41, 5.74) is 2.06. The number of carbonyl (C=O) groups is 2. The molecule has 1 saturated heterocycles. The van der Waals surface area contributed by atoms with Crippen LogP contribution < -0.4 is 16.0 Å². The third-order valence-electron chi connectivity index (χ3n) is 5.70. The van der Waals surface area contributed by atoms with Gasteiger partial charge in [0.05, 0.1) is 11.9 Å². The normalized spacial score (nSPS) is 18.1. The van der Waals surface area contributed by atoms with Gasteiger partial charge in [-0.15, -0.1) is 0 Å². The van der Waals surface area contributed by atoms with Crippen LogP contribution in [0.4, 0.5) is 16.6 Å². The topological polar surface area (TPSA) is 124 Å². The first-order chi connectivity index (χ1) is 16.2. The fourth-order valence-electron chi connectivity index (χ4n) is 4.04. The van der Waals surface area contributed by atoms with Gasteiger partial charge in [0.15, 0.2) is 10.9 Å². The smallest absolute Gasteiger partial charge is 0.267 e. The molecule has 1 aliphatic heterocycles. The quantitative estimate of drug-likeness (QED) is 0.425. The molecule has 1 aliphatic rings. The molecule has 4 N–H and O–H groups in total. The van der Waals surface area contributed by atoms with Gasteiger partial charge < -0.3 is 26.0 Å². The Kier molecular flexibility index (Phi) is 6.85. The number of nitrogens with zero attached hydrogens (tertiary/aromatic N) is 4. The molecule has 1 fully saturated rings. The van der Waals surface area contributed by atoms with E-state index in [9.17, 15) is 14.7 Å². The van der Waals surface area contributed by atoms with E-state index in [0.717, 1.165) is 5.56 Å². The molecule has 0 radical (unpaired) electrons. The van der Waals surface area contributed by atoms with Crippen LogP contribution in [0.5, 0.6) is 5.75 Å². The van der Waals surface area contributed by atoms with Gasteiger partial charge in [0.2, 0.25) is 5.91 Å². The maximum atomic E-state index is 12.7. The minimum absolute atomic E-state index is 0.0283. The molecule has 180 valence electrons. The monoisotopic (exact) mass is 483 g/mol. The number of aryl methyl sites for hydroxylation is 1. The van der Waals surface area contributed by atoms with E-state index in [2.05, 4.69) is 39.9 Å². The second-order valence-electron chi connectivity index (χ2n) is 8.68. The van der Waals surface area contributed by atoms with Crippen molar-refractivity contribution >= 4 is 39.8 Å². The fourth-order valence-corrected chi connectivity index (χ4v) is 4.75. The van der Waals surface area contributed by atoms with Crippen LogP contribution in [0.3, 0.4) is 0 Å². The average molecular weight is 484 g/mol. The number of rotatable bonds is 6. The second kappa shape index (κ2) is 9.82. The van der Waals surface area contributed by atoms with Gasteiger partial charge in [-0.3, -0.25) is 14.3 Å². The first-order valence-corrected chi connectivity index (χ1v) is 11.9. The number of benzene rings is 1. The lowest BCUT2D eigenvalue weighted by Crippen LogP contribution is -2.56. The second-order valence-corrected chi connectivity index (χ2v) is 9.71. The number of anilines is 3. The molecule has 0 saturated carbocycles. The standard InChI is InChI=1S/C23H29N7O3S/c1-13-5-6-17(31)16(4)21(13)27-22(33)18-9-24-23(34-18)26-19-7-8-30(28-19)12-20(32)29-10-14(2)25-15(3)11-29/h5-9,14-15,25,31H,10-12H2,1-4H3,(H,27,33)(H,24,26,28)/t14-,15+. The molecule has 3 heterocycles. The van der Waals surface area contributed by atoms with Crippen LogP contribution in [-0.4, -0.2) is 61.8 Å². The number of piperazine rings is 1. The number of aromatic hydroxyl groups is 1. The molecule has 0 spiro atoms. The predicted octanol–water partition coefficient (Wildman–Crippen LogP) is 2.87. The summed E-state index contributed by atoms with van der Waals surface area (Å²) in [5.74, 6) is 0.386. The van der Waals surface area contributed by atoms with Gasteiger partial charge in [0.1, 0.15) is 17.2 Å². The molecule has 1 aromatic carbocycles. The van der Waals surface area contributed by atoms with Crippen molar-refractivity contribution in [1.82, 2.24) is 25.0 Å². The number of aromatic nitrogens is 3. The molecule has 10 nitrogen and oxygen atoms in total. The van der Waals surface area contributed by atoms with E-state index in [-0.39, 0.29) is 36.2 Å². The summed E-state index contributed by atoms with van der Waals surface area (Å²) in [4.78, 5) is 31.9. The number of carbonyl (C=O) groups excluding carboxylic acids is 2. The highest BCUT2D eigenvalue weighted by atomic mass is 32.1. The number of phenols is 1. The maximum Gasteiger partial charge on any atom is 0.267 e. The SMILES string of the molecule is Cc1ccc(O)c(C)c1NC(=O)c1cnc(Nc2ccn(CC(=O)N3C[C@@H](C)N[C@@H](C)C3)n2)s1. The lowest BCUT2D eigenvalue weighted by atomic mass is 10.1. The van der Waals surface area contributed by atoms with Gasteiger partial charge in [-0.2, -0.15) is 5.10 Å². The summed E-state index contributed by atoms with van der Waals surface area (Å²) < 4.78 is 1.59. The Morgan fingerprint density at radius 1 is 1.21 bits per heavy atom. The van der Waals surface area contributed by atoms with Gasteiger partial charge >= 0.3 is 0 Å². The van der Waals surface area contributed by atoms with E-state index in [1.807, 2.05) is 11.8 Å². The van der Waals surface area contributed by atoms with Crippen molar-refractivity contribution in [2.24, 2.45) is 0 Å². The van der Waals surface area contributed by atoms with E-state index >= 15 is 0 Å². The van der Waals surface area contributed by atoms with Crippen molar-refractivity contribution in [2.75, 3.05) is 23.7 Å². The van der Waals surface area contributed by atoms with Gasteiger partial charge in [-0.05, 0) is 39.3 Å². The maximum absolute atomic E-state index is 12.7. The summed E-state index contributed by atoms with van der Waals surface area (Å²) in [7, 11) is 0. The minimum Gasteiger partial charge on any atom is -0.508 e. The number of hydrogen-bond acceptors (Lipinski definition) is 8. The summed E-state index contributed by atoms with van der Waals surface area (Å²) in [6.07, 6.45) is 3.23. The lowest BCUT2D eigenvalue weighted by molar-refractivity contribution is -0.133. The molecule has 34 heavy (non-hydrogen) atoms. The molecular formula is C23H29N7O3S. The Hall–Kier alpha value is -3.44. The zero-order valence-electron chi connectivity index (χ0n) is 19.6. The summed E-state index contributed by atoms with van der Waals surface area (Å²) in [5, 5.41) is 24.2. The van der Waals surface area contributed by atoms with Gasteiger partial charge in [-0.1, -0.05) is 17.4 Å². The lowest BCUT2D eigenvalue weighted by Gasteiger charge is -2.36. The summed E-state index contributed by atoms with van der Waals surface area (Å²) in [6.45, 7) is 9.28. The van der Waals surface area contributed by atoms with Crippen LogP contribution in [0.15, 0.2) is 30.6 Å². The van der Waals surface area contributed by atoms with Crippen molar-refractivity contribution in [2.45, 2.75) is 46.3 Å². The third-order valence-corrected chi connectivity index (χ3v) is 6.61. The first-order valence-electron chi connectivity index (χ1n) is 11.1. The van der Waals surface area contributed by atoms with Crippen molar-refractivity contribution in [1.29, 1.82) is 0 Å². The molecule has 0 unspecified atom stereocenters. The molecule has 0 bridgehead atoms. The molecule has 2 aromatic heterocycles. The Balaban J connectivity index is 1.36. The molecule has 4 rings (SSSR count). The molecular weight excluding hydrogens is 454 g/mol. The van der Waals surface area contributed by atoms with Crippen LogP contribution in [-0.2, 0) is 11.3 Å². The number of amides is 2. The largest absolute Gasteiger partial charge is 0.508 e. The number of thiazole rings is 1. The average Bonchev–Trinajstić information content (AvgIpc) is 3.43. The molecule has 2 amide bonds. The summed E-state index contributed by atoms with van der Waals surface area (Å²) >= 11 is 1.19. The van der Waals surface area contributed by atoms with Crippen LogP contribution in [0.25, 0.3) is 0 Å². The Labute approximate surface area is 202 Å². The Morgan fingerprint density at radius 3 is 2.68 bits per heavy atom. The summed E-state index contributed by atoms with van der Waals surface area (Å²) in [6, 6.07) is 5.64. The highest BCUT2D eigenvalue weighted by Gasteiger charge is 2.25. The zero-order valence-corrected chi connectivity index (χ0v) is 20.4. The zero-order chi connectivity index (χ0) is 24.4. The third kappa shape index (κ3) is 5.37. The first kappa shape index (κ1) is 23.7. The number of phenolic OH excluding ortho intramolecular Hbond substituents is 1. The predicted molar refractivity (Wildman–Crippen MR) is 132 cm³/mol. The molecule has 0 aliphatic carbocycles. The van der Waals surface area contributed by atoms with Gasteiger partial charge in [0.25, 0.3) is 5.91 Å².